The van der Waals surface area contributed by atoms with Gasteiger partial charge in [-0.25, -0.2) is 0 Å². The Morgan fingerprint density at radius 3 is 1.91 bits per heavy atom. The second-order valence-corrected chi connectivity index (χ2v) is 18.2. The predicted molar refractivity (Wildman–Crippen MR) is 270 cm³/mol. The van der Waals surface area contributed by atoms with Crippen molar-refractivity contribution in [1.82, 2.24) is 0 Å². The van der Waals surface area contributed by atoms with Gasteiger partial charge in [-0.15, -0.1) is 11.3 Å². The van der Waals surface area contributed by atoms with Crippen LogP contribution in [0.15, 0.2) is 241 Å². The number of allylic oxidation sites excluding steroid dienone is 3. The molecule has 1 atom stereocenters. The van der Waals surface area contributed by atoms with E-state index >= 15 is 0 Å². The van der Waals surface area contributed by atoms with Crippen molar-refractivity contribution in [2.24, 2.45) is 5.92 Å². The fourth-order valence-corrected chi connectivity index (χ4v) is 12.0. The highest BCUT2D eigenvalue weighted by Gasteiger charge is 2.49. The number of fused-ring (bicyclic) bond motifs is 9. The molecular formula is C61H41NOS. The molecule has 11 aromatic rings. The van der Waals surface area contributed by atoms with Crippen LogP contribution in [-0.4, -0.2) is 0 Å². The summed E-state index contributed by atoms with van der Waals surface area (Å²) in [5.41, 5.74) is 16.2. The van der Waals surface area contributed by atoms with Crippen molar-refractivity contribution in [2.75, 3.05) is 4.90 Å². The lowest BCUT2D eigenvalue weighted by Crippen LogP contribution is -2.36. The first kappa shape index (κ1) is 36.9. The molecule has 0 amide bonds. The van der Waals surface area contributed by atoms with Crippen molar-refractivity contribution in [1.29, 1.82) is 0 Å². The molecule has 0 spiro atoms. The minimum Gasteiger partial charge on any atom is -0.455 e. The summed E-state index contributed by atoms with van der Waals surface area (Å²) in [5, 5.41) is 4.90. The number of hydrogen-bond donors (Lipinski definition) is 0. The SMILES string of the molecule is C1=CC(C2(c3ccccc3)c3ccccc3-c3ccccc32)CC=C1N(c1ccc(-c2cccc3c2oc2ccccc23)cc1)c1cccc(-c2ccc3sc4ccccc4c3c2)c1. The monoisotopic (exact) mass is 835 g/mol. The summed E-state index contributed by atoms with van der Waals surface area (Å²) in [5.74, 6) is 0.190. The van der Waals surface area contributed by atoms with E-state index in [1.807, 2.05) is 17.4 Å². The second-order valence-electron chi connectivity index (χ2n) is 17.1. The minimum absolute atomic E-state index is 0.190. The number of furan rings is 1. The van der Waals surface area contributed by atoms with Crippen molar-refractivity contribution in [2.45, 2.75) is 11.8 Å². The van der Waals surface area contributed by atoms with E-state index < -0.39 is 0 Å². The zero-order valence-electron chi connectivity index (χ0n) is 35.0. The lowest BCUT2D eigenvalue weighted by atomic mass is 9.62. The van der Waals surface area contributed by atoms with E-state index in [4.69, 9.17) is 4.42 Å². The summed E-state index contributed by atoms with van der Waals surface area (Å²) in [6, 6.07) is 77.8. The first-order valence-electron chi connectivity index (χ1n) is 22.2. The van der Waals surface area contributed by atoms with E-state index in [9.17, 15) is 0 Å². The average Bonchev–Trinajstić information content (AvgIpc) is 4.03. The third kappa shape index (κ3) is 5.64. The number of hydrogen-bond acceptors (Lipinski definition) is 3. The molecular weight excluding hydrogens is 795 g/mol. The minimum atomic E-state index is -0.332. The largest absolute Gasteiger partial charge is 0.455 e. The van der Waals surface area contributed by atoms with Gasteiger partial charge in [-0.05, 0) is 111 Å². The molecule has 9 aromatic carbocycles. The maximum atomic E-state index is 6.49. The number of anilines is 2. The molecule has 2 heterocycles. The summed E-state index contributed by atoms with van der Waals surface area (Å²) in [6.07, 6.45) is 8.21. The van der Waals surface area contributed by atoms with Gasteiger partial charge in [0.15, 0.2) is 0 Å². The highest BCUT2D eigenvalue weighted by molar-refractivity contribution is 7.25. The predicted octanol–water partition coefficient (Wildman–Crippen LogP) is 16.9. The number of nitrogens with zero attached hydrogens (tertiary/aromatic N) is 1. The van der Waals surface area contributed by atoms with E-state index in [0.29, 0.717) is 0 Å². The van der Waals surface area contributed by atoms with Gasteiger partial charge in [-0.3, -0.25) is 0 Å². The Morgan fingerprint density at radius 1 is 0.469 bits per heavy atom. The molecule has 0 saturated carbocycles. The molecule has 2 aliphatic rings. The van der Waals surface area contributed by atoms with Gasteiger partial charge in [0.2, 0.25) is 0 Å². The summed E-state index contributed by atoms with van der Waals surface area (Å²) >= 11 is 1.86. The Kier molecular flexibility index (Phi) is 8.47. The highest BCUT2D eigenvalue weighted by Crippen LogP contribution is 2.58. The van der Waals surface area contributed by atoms with E-state index in [2.05, 4.69) is 229 Å². The van der Waals surface area contributed by atoms with Gasteiger partial charge in [0, 0.05) is 53.6 Å². The number of rotatable bonds is 7. The van der Waals surface area contributed by atoms with E-state index in [1.165, 1.54) is 59.1 Å². The van der Waals surface area contributed by atoms with Crippen LogP contribution in [-0.2, 0) is 5.41 Å². The van der Waals surface area contributed by atoms with Crippen molar-refractivity contribution in [3.05, 3.63) is 253 Å². The topological polar surface area (TPSA) is 16.4 Å². The molecule has 13 rings (SSSR count). The van der Waals surface area contributed by atoms with Crippen molar-refractivity contribution < 1.29 is 4.42 Å². The lowest BCUT2D eigenvalue weighted by Gasteiger charge is -2.40. The van der Waals surface area contributed by atoms with Gasteiger partial charge in [-0.2, -0.15) is 0 Å². The fraction of sp³-hybridized carbons (Fsp3) is 0.0492. The van der Waals surface area contributed by atoms with Gasteiger partial charge in [0.25, 0.3) is 0 Å². The lowest BCUT2D eigenvalue weighted by molar-refractivity contribution is 0.456. The molecule has 0 saturated heterocycles. The van der Waals surface area contributed by atoms with Crippen LogP contribution >= 0.6 is 11.3 Å². The molecule has 2 aromatic heterocycles. The maximum absolute atomic E-state index is 6.49. The van der Waals surface area contributed by atoms with Crippen LogP contribution in [0.5, 0.6) is 0 Å². The molecule has 2 aliphatic carbocycles. The van der Waals surface area contributed by atoms with Crippen molar-refractivity contribution in [3.63, 3.8) is 0 Å². The normalized spacial score (nSPS) is 15.1. The number of para-hydroxylation sites is 2. The molecule has 0 aliphatic heterocycles. The Bertz CT molecular complexity index is 3620. The quantitative estimate of drug-likeness (QED) is 0.159. The van der Waals surface area contributed by atoms with Gasteiger partial charge in [-0.1, -0.05) is 176 Å². The second kappa shape index (κ2) is 14.7. The highest BCUT2D eigenvalue weighted by atomic mass is 32.1. The van der Waals surface area contributed by atoms with Crippen LogP contribution in [0.1, 0.15) is 23.1 Å². The summed E-state index contributed by atoms with van der Waals surface area (Å²) < 4.78 is 9.12. The molecule has 302 valence electrons. The van der Waals surface area contributed by atoms with Gasteiger partial charge in [0.05, 0.1) is 5.41 Å². The van der Waals surface area contributed by atoms with Crippen LogP contribution in [0, 0.1) is 5.92 Å². The van der Waals surface area contributed by atoms with Crippen LogP contribution < -0.4 is 4.90 Å². The molecule has 0 bridgehead atoms. The molecule has 0 N–H and O–H groups in total. The first-order chi connectivity index (χ1) is 31.7. The van der Waals surface area contributed by atoms with E-state index in [-0.39, 0.29) is 11.3 Å². The molecule has 2 nitrogen and oxygen atoms in total. The zero-order valence-corrected chi connectivity index (χ0v) is 35.8. The molecule has 1 unspecified atom stereocenters. The van der Waals surface area contributed by atoms with Gasteiger partial charge in [0.1, 0.15) is 11.2 Å². The van der Waals surface area contributed by atoms with Crippen molar-refractivity contribution in [3.8, 4) is 33.4 Å². The summed E-state index contributed by atoms with van der Waals surface area (Å²) in [6.45, 7) is 0. The smallest absolute Gasteiger partial charge is 0.143 e. The van der Waals surface area contributed by atoms with Crippen LogP contribution in [0.2, 0.25) is 0 Å². The molecule has 0 radical (unpaired) electrons. The van der Waals surface area contributed by atoms with Crippen molar-refractivity contribution >= 4 is 64.8 Å². The average molecular weight is 836 g/mol. The molecule has 0 fully saturated rings. The fourth-order valence-electron chi connectivity index (χ4n) is 10.9. The Labute approximate surface area is 376 Å². The summed E-state index contributed by atoms with van der Waals surface area (Å²) in [7, 11) is 0. The van der Waals surface area contributed by atoms with Crippen LogP contribution in [0.3, 0.4) is 0 Å². The Hall–Kier alpha value is -7.72. The third-order valence-electron chi connectivity index (χ3n) is 13.8. The number of thiophene rings is 1. The van der Waals surface area contributed by atoms with Crippen LogP contribution in [0.4, 0.5) is 11.4 Å². The number of benzene rings is 9. The third-order valence-corrected chi connectivity index (χ3v) is 14.9. The maximum Gasteiger partial charge on any atom is 0.143 e. The van der Waals surface area contributed by atoms with E-state index in [1.54, 1.807) is 0 Å². The van der Waals surface area contributed by atoms with E-state index in [0.717, 1.165) is 56.6 Å². The van der Waals surface area contributed by atoms with Crippen LogP contribution in [0.25, 0.3) is 75.5 Å². The molecule has 3 heteroatoms. The summed E-state index contributed by atoms with van der Waals surface area (Å²) in [4.78, 5) is 2.44. The zero-order chi connectivity index (χ0) is 42.2. The van der Waals surface area contributed by atoms with Gasteiger partial charge >= 0.3 is 0 Å². The standard InChI is InChI=1S/C61H41NOS/c1-2-15-43(16-3-1)61(55-24-8-4-18-49(55)50-19-5-9-25-56(50)61)44-31-35-46(36-32-44)62(45-33-28-40(29-34-45)48-22-13-23-53-51-20-6-10-26-57(51)63-60(48)53)47-17-12-14-41(38-47)42-30-37-59-54(39-42)52-21-7-11-27-58(52)64-59/h1-31,33-39,44H,32H2. The molecule has 64 heavy (non-hydrogen) atoms. The Balaban J connectivity index is 0.933. The first-order valence-corrected chi connectivity index (χ1v) is 23.0. The van der Waals surface area contributed by atoms with Gasteiger partial charge < -0.3 is 9.32 Å². The Morgan fingerprint density at radius 2 is 1.11 bits per heavy atom.